The van der Waals surface area contributed by atoms with Crippen molar-refractivity contribution in [2.24, 2.45) is 5.92 Å². The summed E-state index contributed by atoms with van der Waals surface area (Å²) in [5.41, 5.74) is 0.938. The summed E-state index contributed by atoms with van der Waals surface area (Å²) in [6, 6.07) is 10.1. The predicted octanol–water partition coefficient (Wildman–Crippen LogP) is 2.54. The van der Waals surface area contributed by atoms with Crippen LogP contribution in [-0.4, -0.2) is 18.3 Å². The maximum Gasteiger partial charge on any atom is 0.134 e. The average molecular weight is 233 g/mol. The molecule has 1 atom stereocenters. The number of benzene rings is 1. The lowest BCUT2D eigenvalue weighted by Crippen LogP contribution is -2.21. The minimum absolute atomic E-state index is 0.257. The summed E-state index contributed by atoms with van der Waals surface area (Å²) in [4.78, 5) is 0. The monoisotopic (exact) mass is 233 g/mol. The average Bonchev–Trinajstić information content (AvgIpc) is 2.71. The zero-order chi connectivity index (χ0) is 12.1. The molecule has 2 N–H and O–H groups in total. The topological polar surface area (TPSA) is 45.4 Å². The van der Waals surface area contributed by atoms with E-state index in [1.165, 1.54) is 0 Å². The first-order chi connectivity index (χ1) is 8.29. The van der Waals surface area contributed by atoms with E-state index in [2.05, 4.69) is 24.4 Å². The molecule has 0 fully saturated rings. The highest BCUT2D eigenvalue weighted by atomic mass is 16.3. The molecule has 1 unspecified atom stereocenters. The first-order valence-corrected chi connectivity index (χ1v) is 6.08. The van der Waals surface area contributed by atoms with Crippen molar-refractivity contribution >= 4 is 11.0 Å². The molecule has 0 aliphatic heterocycles. The van der Waals surface area contributed by atoms with Crippen LogP contribution in [0.15, 0.2) is 34.7 Å². The Bertz CT molecular complexity index is 431. The summed E-state index contributed by atoms with van der Waals surface area (Å²) in [5.74, 6) is 1.45. The third-order valence-corrected chi connectivity index (χ3v) is 2.89. The van der Waals surface area contributed by atoms with E-state index in [-0.39, 0.29) is 6.61 Å². The highest BCUT2D eigenvalue weighted by Gasteiger charge is 2.04. The molecule has 1 aromatic heterocycles. The van der Waals surface area contributed by atoms with Gasteiger partial charge in [-0.3, -0.25) is 0 Å². The van der Waals surface area contributed by atoms with E-state index >= 15 is 0 Å². The fraction of sp³-hybridized carbons (Fsp3) is 0.429. The van der Waals surface area contributed by atoms with Crippen molar-refractivity contribution in [1.29, 1.82) is 0 Å². The third-order valence-electron chi connectivity index (χ3n) is 2.89. The largest absolute Gasteiger partial charge is 0.460 e. The number of fused-ring (bicyclic) bond motifs is 1. The lowest BCUT2D eigenvalue weighted by Gasteiger charge is -2.09. The molecule has 1 heterocycles. The van der Waals surface area contributed by atoms with Gasteiger partial charge < -0.3 is 14.8 Å². The molecule has 2 aromatic rings. The summed E-state index contributed by atoms with van der Waals surface area (Å²) in [6.07, 6.45) is 0.840. The molecule has 0 bridgehead atoms. The second-order valence-electron chi connectivity index (χ2n) is 4.50. The Hall–Kier alpha value is -1.32. The SMILES string of the molecule is CC(CCO)CNCc1cc2ccccc2o1. The van der Waals surface area contributed by atoms with Crippen LogP contribution in [0.4, 0.5) is 0 Å². The molecule has 92 valence electrons. The molecule has 2 rings (SSSR count). The Morgan fingerprint density at radius 1 is 1.35 bits per heavy atom. The van der Waals surface area contributed by atoms with E-state index in [0.717, 1.165) is 36.2 Å². The molecule has 0 amide bonds. The zero-order valence-corrected chi connectivity index (χ0v) is 10.1. The molecule has 1 aromatic carbocycles. The standard InChI is InChI=1S/C14H19NO2/c1-11(6-7-16)9-15-10-13-8-12-4-2-3-5-14(12)17-13/h2-5,8,11,15-16H,6-7,9-10H2,1H3. The van der Waals surface area contributed by atoms with Crippen LogP contribution in [-0.2, 0) is 6.54 Å². The van der Waals surface area contributed by atoms with Crippen molar-refractivity contribution in [3.63, 3.8) is 0 Å². The van der Waals surface area contributed by atoms with Crippen molar-refractivity contribution in [2.45, 2.75) is 19.9 Å². The first kappa shape index (κ1) is 12.1. The number of aliphatic hydroxyl groups is 1. The molecule has 17 heavy (non-hydrogen) atoms. The van der Waals surface area contributed by atoms with E-state index in [0.29, 0.717) is 5.92 Å². The highest BCUT2D eigenvalue weighted by molar-refractivity contribution is 5.77. The molecule has 0 saturated heterocycles. The van der Waals surface area contributed by atoms with Crippen molar-refractivity contribution < 1.29 is 9.52 Å². The summed E-state index contributed by atoms with van der Waals surface area (Å²) in [7, 11) is 0. The van der Waals surface area contributed by atoms with E-state index in [4.69, 9.17) is 9.52 Å². The maximum atomic E-state index is 8.80. The fourth-order valence-corrected chi connectivity index (χ4v) is 1.89. The normalized spacial score (nSPS) is 13.1. The van der Waals surface area contributed by atoms with Crippen LogP contribution < -0.4 is 5.32 Å². The van der Waals surface area contributed by atoms with Crippen LogP contribution in [0.1, 0.15) is 19.1 Å². The van der Waals surface area contributed by atoms with Crippen LogP contribution in [0.2, 0.25) is 0 Å². The molecule has 3 heteroatoms. The van der Waals surface area contributed by atoms with Gasteiger partial charge in [-0.2, -0.15) is 0 Å². The summed E-state index contributed by atoms with van der Waals surface area (Å²) >= 11 is 0. The summed E-state index contributed by atoms with van der Waals surface area (Å²) in [6.45, 7) is 4.03. The van der Waals surface area contributed by atoms with Gasteiger partial charge in [0.05, 0.1) is 6.54 Å². The van der Waals surface area contributed by atoms with Gasteiger partial charge in [-0.25, -0.2) is 0 Å². The summed E-state index contributed by atoms with van der Waals surface area (Å²) in [5, 5.41) is 13.3. The van der Waals surface area contributed by atoms with Gasteiger partial charge in [-0.05, 0) is 31.0 Å². The number of para-hydroxylation sites is 1. The Balaban J connectivity index is 1.86. The lowest BCUT2D eigenvalue weighted by atomic mass is 10.1. The first-order valence-electron chi connectivity index (χ1n) is 6.08. The van der Waals surface area contributed by atoms with Crippen molar-refractivity contribution in [3.05, 3.63) is 36.1 Å². The van der Waals surface area contributed by atoms with Crippen LogP contribution in [0.25, 0.3) is 11.0 Å². The zero-order valence-electron chi connectivity index (χ0n) is 10.1. The van der Waals surface area contributed by atoms with Crippen LogP contribution in [0.5, 0.6) is 0 Å². The molecule has 0 radical (unpaired) electrons. The second kappa shape index (κ2) is 5.84. The molecule has 3 nitrogen and oxygen atoms in total. The molecule has 0 aliphatic rings. The number of hydrogen-bond acceptors (Lipinski definition) is 3. The van der Waals surface area contributed by atoms with Gasteiger partial charge in [0.15, 0.2) is 0 Å². The number of nitrogens with one attached hydrogen (secondary N) is 1. The van der Waals surface area contributed by atoms with Gasteiger partial charge in [0.2, 0.25) is 0 Å². The molecular formula is C14H19NO2. The van der Waals surface area contributed by atoms with Crippen LogP contribution in [0, 0.1) is 5.92 Å². The molecular weight excluding hydrogens is 214 g/mol. The number of hydrogen-bond donors (Lipinski definition) is 2. The molecule has 0 saturated carbocycles. The quantitative estimate of drug-likeness (QED) is 0.806. The minimum Gasteiger partial charge on any atom is -0.460 e. The van der Waals surface area contributed by atoms with Crippen molar-refractivity contribution in [2.75, 3.05) is 13.2 Å². The minimum atomic E-state index is 0.257. The van der Waals surface area contributed by atoms with Gasteiger partial charge in [-0.15, -0.1) is 0 Å². The number of aliphatic hydroxyl groups excluding tert-OH is 1. The Kier molecular flexibility index (Phi) is 4.18. The fourth-order valence-electron chi connectivity index (χ4n) is 1.89. The molecule has 0 spiro atoms. The van der Waals surface area contributed by atoms with Crippen molar-refractivity contribution in [1.82, 2.24) is 5.32 Å². The lowest BCUT2D eigenvalue weighted by molar-refractivity contribution is 0.259. The molecule has 0 aliphatic carbocycles. The van der Waals surface area contributed by atoms with Gasteiger partial charge >= 0.3 is 0 Å². The van der Waals surface area contributed by atoms with Crippen LogP contribution >= 0.6 is 0 Å². The van der Waals surface area contributed by atoms with E-state index in [1.807, 2.05) is 18.2 Å². The smallest absolute Gasteiger partial charge is 0.134 e. The highest BCUT2D eigenvalue weighted by Crippen LogP contribution is 2.18. The third kappa shape index (κ3) is 3.32. The Labute approximate surface area is 101 Å². The van der Waals surface area contributed by atoms with Crippen molar-refractivity contribution in [3.8, 4) is 0 Å². The van der Waals surface area contributed by atoms with Gasteiger partial charge in [-0.1, -0.05) is 25.1 Å². The van der Waals surface area contributed by atoms with E-state index in [9.17, 15) is 0 Å². The second-order valence-corrected chi connectivity index (χ2v) is 4.50. The van der Waals surface area contributed by atoms with Gasteiger partial charge in [0, 0.05) is 12.0 Å². The van der Waals surface area contributed by atoms with E-state index in [1.54, 1.807) is 0 Å². The summed E-state index contributed by atoms with van der Waals surface area (Å²) < 4.78 is 5.70. The van der Waals surface area contributed by atoms with Gasteiger partial charge in [0.1, 0.15) is 11.3 Å². The van der Waals surface area contributed by atoms with Gasteiger partial charge in [0.25, 0.3) is 0 Å². The Morgan fingerprint density at radius 2 is 2.18 bits per heavy atom. The van der Waals surface area contributed by atoms with E-state index < -0.39 is 0 Å². The number of furan rings is 1. The van der Waals surface area contributed by atoms with Crippen LogP contribution in [0.3, 0.4) is 0 Å². The maximum absolute atomic E-state index is 8.80. The predicted molar refractivity (Wildman–Crippen MR) is 68.8 cm³/mol. The Morgan fingerprint density at radius 3 is 2.94 bits per heavy atom. The number of rotatable bonds is 6.